The van der Waals surface area contributed by atoms with E-state index in [2.05, 4.69) is 20.9 Å². The van der Waals surface area contributed by atoms with Gasteiger partial charge >= 0.3 is 6.09 Å². The molecule has 1 unspecified atom stereocenters. The molecule has 26 heavy (non-hydrogen) atoms. The van der Waals surface area contributed by atoms with Gasteiger partial charge in [0.05, 0.1) is 9.50 Å². The molecule has 142 valence electrons. The van der Waals surface area contributed by atoms with Crippen molar-refractivity contribution >= 4 is 50.7 Å². The Balaban J connectivity index is 1.79. The van der Waals surface area contributed by atoms with Crippen molar-refractivity contribution in [2.24, 2.45) is 0 Å². The first-order chi connectivity index (χ1) is 12.1. The second kappa shape index (κ2) is 6.88. The van der Waals surface area contributed by atoms with Gasteiger partial charge in [-0.15, -0.1) is 0 Å². The Bertz CT molecular complexity index is 852. The largest absolute Gasteiger partial charge is 0.444 e. The molecule has 1 aromatic carbocycles. The van der Waals surface area contributed by atoms with E-state index in [4.69, 9.17) is 20.8 Å². The van der Waals surface area contributed by atoms with Crippen molar-refractivity contribution in [1.82, 2.24) is 9.88 Å². The number of fused-ring (bicyclic) bond motifs is 1. The quantitative estimate of drug-likeness (QED) is 0.585. The van der Waals surface area contributed by atoms with Gasteiger partial charge in [-0.1, -0.05) is 11.6 Å². The second-order valence-corrected chi connectivity index (χ2v) is 8.50. The van der Waals surface area contributed by atoms with Crippen molar-refractivity contribution in [1.29, 1.82) is 0 Å². The Labute approximate surface area is 164 Å². The molecular weight excluding hydrogens is 429 g/mol. The average molecular weight is 449 g/mol. The van der Waals surface area contributed by atoms with Gasteiger partial charge in [0.15, 0.2) is 11.4 Å². The van der Waals surface area contributed by atoms with E-state index in [0.717, 1.165) is 0 Å². The predicted octanol–water partition coefficient (Wildman–Crippen LogP) is 4.83. The zero-order valence-corrected chi connectivity index (χ0v) is 17.3. The number of hydrogen-bond acceptors (Lipinski definition) is 5. The lowest BCUT2D eigenvalue weighted by atomic mass is 10.2. The van der Waals surface area contributed by atoms with Crippen molar-refractivity contribution in [3.63, 3.8) is 0 Å². The number of amides is 1. The van der Waals surface area contributed by atoms with E-state index in [0.29, 0.717) is 36.7 Å². The standard InChI is InChI=1S/C17H20BrClFN3O3/c1-9-8-22(16(24)26-17(2,3)4)5-6-23(9)15-21-11-7-10(19)13(20)12(18)14(11)25-15/h7,9H,5-6,8H2,1-4H3. The van der Waals surface area contributed by atoms with Crippen molar-refractivity contribution in [2.45, 2.75) is 39.3 Å². The number of benzene rings is 1. The number of halogens is 3. The van der Waals surface area contributed by atoms with Crippen molar-refractivity contribution in [3.05, 3.63) is 21.4 Å². The Morgan fingerprint density at radius 2 is 2.15 bits per heavy atom. The van der Waals surface area contributed by atoms with Gasteiger partial charge in [-0.05, 0) is 49.7 Å². The number of carbonyl (C=O) groups excluding carboxylic acids is 1. The van der Waals surface area contributed by atoms with E-state index < -0.39 is 11.4 Å². The summed E-state index contributed by atoms with van der Waals surface area (Å²) >= 11 is 9.02. The summed E-state index contributed by atoms with van der Waals surface area (Å²) in [5, 5.41) is -0.0213. The van der Waals surface area contributed by atoms with E-state index >= 15 is 0 Å². The monoisotopic (exact) mass is 447 g/mol. The van der Waals surface area contributed by atoms with E-state index in [9.17, 15) is 9.18 Å². The van der Waals surface area contributed by atoms with Gasteiger partial charge in [0, 0.05) is 25.7 Å². The van der Waals surface area contributed by atoms with Gasteiger partial charge in [0.1, 0.15) is 11.1 Å². The number of aromatic nitrogens is 1. The van der Waals surface area contributed by atoms with E-state index in [1.807, 2.05) is 32.6 Å². The highest BCUT2D eigenvalue weighted by Crippen LogP contribution is 2.35. The number of rotatable bonds is 1. The molecule has 1 aromatic heterocycles. The van der Waals surface area contributed by atoms with Crippen LogP contribution in [0.25, 0.3) is 11.1 Å². The molecule has 0 spiro atoms. The maximum Gasteiger partial charge on any atom is 0.410 e. The number of hydrogen-bond donors (Lipinski definition) is 0. The Hall–Kier alpha value is -1.54. The number of carbonyl (C=O) groups is 1. The predicted molar refractivity (Wildman–Crippen MR) is 101 cm³/mol. The molecule has 1 fully saturated rings. The average Bonchev–Trinajstić information content (AvgIpc) is 2.94. The molecule has 0 radical (unpaired) electrons. The topological polar surface area (TPSA) is 58.8 Å². The van der Waals surface area contributed by atoms with E-state index in [-0.39, 0.29) is 21.6 Å². The Kier molecular flexibility index (Phi) is 5.09. The summed E-state index contributed by atoms with van der Waals surface area (Å²) in [4.78, 5) is 20.3. The fourth-order valence-electron chi connectivity index (χ4n) is 2.82. The van der Waals surface area contributed by atoms with Crippen LogP contribution in [0.2, 0.25) is 5.02 Å². The van der Waals surface area contributed by atoms with Gasteiger partial charge in [-0.2, -0.15) is 4.98 Å². The molecule has 2 aromatic rings. The molecule has 0 aliphatic carbocycles. The van der Waals surface area contributed by atoms with E-state index in [1.165, 1.54) is 6.07 Å². The number of anilines is 1. The van der Waals surface area contributed by atoms with Crippen LogP contribution in [0, 0.1) is 5.82 Å². The number of nitrogens with zero attached hydrogens (tertiary/aromatic N) is 3. The van der Waals surface area contributed by atoms with Crippen molar-refractivity contribution in [2.75, 3.05) is 24.5 Å². The molecule has 1 saturated heterocycles. The third kappa shape index (κ3) is 3.76. The number of oxazole rings is 1. The SMILES string of the molecule is CC1CN(C(=O)OC(C)(C)C)CCN1c1nc2cc(Cl)c(F)c(Br)c2o1. The molecule has 1 aliphatic rings. The number of piperazine rings is 1. The van der Waals surface area contributed by atoms with Crippen molar-refractivity contribution < 1.29 is 18.3 Å². The minimum absolute atomic E-state index is 0.0213. The molecule has 0 saturated carbocycles. The normalized spacial score (nSPS) is 18.5. The third-order valence-electron chi connectivity index (χ3n) is 4.03. The fourth-order valence-corrected chi connectivity index (χ4v) is 3.63. The minimum atomic E-state index is -0.579. The summed E-state index contributed by atoms with van der Waals surface area (Å²) < 4.78 is 25.3. The summed E-state index contributed by atoms with van der Waals surface area (Å²) in [6.07, 6.45) is -0.335. The highest BCUT2D eigenvalue weighted by Gasteiger charge is 2.32. The van der Waals surface area contributed by atoms with Crippen LogP contribution in [0.5, 0.6) is 0 Å². The summed E-state index contributed by atoms with van der Waals surface area (Å²) in [6, 6.07) is 1.77. The molecule has 3 rings (SSSR count). The zero-order chi connectivity index (χ0) is 19.2. The summed E-state index contributed by atoms with van der Waals surface area (Å²) in [5.74, 6) is -0.579. The third-order valence-corrected chi connectivity index (χ3v) is 5.02. The van der Waals surface area contributed by atoms with E-state index in [1.54, 1.807) is 4.90 Å². The maximum atomic E-state index is 13.9. The van der Waals surface area contributed by atoms with Gasteiger partial charge < -0.3 is 19.0 Å². The molecule has 0 bridgehead atoms. The van der Waals surface area contributed by atoms with Gasteiger partial charge in [0.25, 0.3) is 6.01 Å². The van der Waals surface area contributed by atoms with Crippen LogP contribution >= 0.6 is 27.5 Å². The first-order valence-corrected chi connectivity index (χ1v) is 9.42. The summed E-state index contributed by atoms with van der Waals surface area (Å²) in [7, 11) is 0. The summed E-state index contributed by atoms with van der Waals surface area (Å²) in [5.41, 5.74) is 0.247. The fraction of sp³-hybridized carbons (Fsp3) is 0.529. The van der Waals surface area contributed by atoms with Crippen LogP contribution in [-0.2, 0) is 4.74 Å². The first-order valence-electron chi connectivity index (χ1n) is 8.25. The van der Waals surface area contributed by atoms with Gasteiger partial charge in [0.2, 0.25) is 0 Å². The zero-order valence-electron chi connectivity index (χ0n) is 15.0. The molecule has 2 heterocycles. The van der Waals surface area contributed by atoms with Crippen LogP contribution in [0.15, 0.2) is 15.0 Å². The molecule has 1 atom stereocenters. The molecule has 6 nitrogen and oxygen atoms in total. The molecule has 9 heteroatoms. The maximum absolute atomic E-state index is 13.9. The van der Waals surface area contributed by atoms with Crippen LogP contribution in [-0.4, -0.2) is 47.3 Å². The van der Waals surface area contributed by atoms with Gasteiger partial charge in [-0.3, -0.25) is 0 Å². The minimum Gasteiger partial charge on any atom is -0.444 e. The first kappa shape index (κ1) is 19.2. The van der Waals surface area contributed by atoms with Crippen LogP contribution < -0.4 is 4.90 Å². The molecule has 0 N–H and O–H groups in total. The number of ether oxygens (including phenoxy) is 1. The lowest BCUT2D eigenvalue weighted by Crippen LogP contribution is -2.54. The van der Waals surface area contributed by atoms with Crippen molar-refractivity contribution in [3.8, 4) is 0 Å². The van der Waals surface area contributed by atoms with Crippen LogP contribution in [0.1, 0.15) is 27.7 Å². The highest BCUT2D eigenvalue weighted by atomic mass is 79.9. The lowest BCUT2D eigenvalue weighted by Gasteiger charge is -2.39. The molecular formula is C17H20BrClFN3O3. The van der Waals surface area contributed by atoms with Crippen LogP contribution in [0.3, 0.4) is 0 Å². The van der Waals surface area contributed by atoms with Gasteiger partial charge in [-0.25, -0.2) is 9.18 Å². The molecule has 1 aliphatic heterocycles. The summed E-state index contributed by atoms with van der Waals surface area (Å²) in [6.45, 7) is 8.97. The molecule has 1 amide bonds. The lowest BCUT2D eigenvalue weighted by molar-refractivity contribution is 0.0216. The second-order valence-electron chi connectivity index (χ2n) is 7.30. The van der Waals surface area contributed by atoms with Crippen LogP contribution in [0.4, 0.5) is 15.2 Å². The highest BCUT2D eigenvalue weighted by molar-refractivity contribution is 9.10. The Morgan fingerprint density at radius 3 is 2.77 bits per heavy atom. The smallest absolute Gasteiger partial charge is 0.410 e. The Morgan fingerprint density at radius 1 is 1.46 bits per heavy atom.